The molecule has 1 amide bonds. The van der Waals surface area contributed by atoms with Gasteiger partial charge in [-0.1, -0.05) is 18.2 Å². The first-order valence-corrected chi connectivity index (χ1v) is 8.07. The zero-order valence-corrected chi connectivity index (χ0v) is 13.6. The van der Waals surface area contributed by atoms with Crippen LogP contribution in [-0.2, 0) is 11.2 Å². The van der Waals surface area contributed by atoms with Crippen molar-refractivity contribution in [3.8, 4) is 11.5 Å². The van der Waals surface area contributed by atoms with E-state index in [1.807, 2.05) is 30.3 Å². The number of aromatic nitrogens is 2. The highest BCUT2D eigenvalue weighted by Crippen LogP contribution is 2.18. The topological polar surface area (TPSA) is 101 Å². The van der Waals surface area contributed by atoms with Gasteiger partial charge in [-0.15, -0.1) is 10.2 Å². The highest BCUT2D eigenvalue weighted by molar-refractivity contribution is 5.76. The van der Waals surface area contributed by atoms with Crippen molar-refractivity contribution in [2.24, 2.45) is 0 Å². The second-order valence-electron chi connectivity index (χ2n) is 5.54. The van der Waals surface area contributed by atoms with Crippen molar-refractivity contribution in [3.05, 3.63) is 60.4 Å². The molecule has 1 atom stereocenters. The molecular weight excluding hydrogens is 322 g/mol. The zero-order chi connectivity index (χ0) is 17.5. The van der Waals surface area contributed by atoms with Crippen molar-refractivity contribution in [2.75, 3.05) is 6.61 Å². The number of furan rings is 1. The van der Waals surface area contributed by atoms with Crippen LogP contribution < -0.4 is 5.32 Å². The van der Waals surface area contributed by atoms with Gasteiger partial charge in [0.25, 0.3) is 0 Å². The van der Waals surface area contributed by atoms with Crippen molar-refractivity contribution in [1.29, 1.82) is 0 Å². The van der Waals surface area contributed by atoms with Gasteiger partial charge in [-0.3, -0.25) is 4.79 Å². The summed E-state index contributed by atoms with van der Waals surface area (Å²) in [6.07, 6.45) is 2.88. The molecule has 2 heterocycles. The molecule has 2 N–H and O–H groups in total. The Morgan fingerprint density at radius 3 is 2.72 bits per heavy atom. The molecule has 3 aromatic rings. The van der Waals surface area contributed by atoms with Crippen LogP contribution in [0, 0.1) is 0 Å². The highest BCUT2D eigenvalue weighted by Gasteiger charge is 2.16. The lowest BCUT2D eigenvalue weighted by molar-refractivity contribution is -0.122. The smallest absolute Gasteiger partial charge is 0.247 e. The van der Waals surface area contributed by atoms with Crippen molar-refractivity contribution in [3.63, 3.8) is 0 Å². The van der Waals surface area contributed by atoms with Crippen molar-refractivity contribution in [2.45, 2.75) is 25.3 Å². The minimum atomic E-state index is -0.532. The predicted molar refractivity (Wildman–Crippen MR) is 89.3 cm³/mol. The Balaban J connectivity index is 1.46. The summed E-state index contributed by atoms with van der Waals surface area (Å²) in [5, 5.41) is 20.1. The first-order chi connectivity index (χ1) is 12.3. The number of aryl methyl sites for hydroxylation is 1. The third kappa shape index (κ3) is 4.54. The van der Waals surface area contributed by atoms with Crippen LogP contribution in [0.3, 0.4) is 0 Å². The maximum absolute atomic E-state index is 12.0. The quantitative estimate of drug-likeness (QED) is 0.653. The van der Waals surface area contributed by atoms with E-state index < -0.39 is 6.04 Å². The number of carbonyl (C=O) groups is 1. The minimum Gasteiger partial charge on any atom is -0.467 e. The SMILES string of the molecule is O=C(CCCc1nnc(-c2ccccc2)o1)NC(CO)c1ccco1. The Bertz CT molecular complexity index is 784. The number of aliphatic hydroxyl groups is 1. The van der Waals surface area contributed by atoms with E-state index in [0.29, 0.717) is 36.8 Å². The third-order valence-electron chi connectivity index (χ3n) is 3.69. The maximum atomic E-state index is 12.0. The summed E-state index contributed by atoms with van der Waals surface area (Å²) < 4.78 is 10.8. The Morgan fingerprint density at radius 1 is 1.16 bits per heavy atom. The summed E-state index contributed by atoms with van der Waals surface area (Å²) in [6, 6.07) is 12.4. The number of carbonyl (C=O) groups excluding carboxylic acids is 1. The number of rotatable bonds is 8. The molecule has 130 valence electrons. The Hall–Kier alpha value is -2.93. The summed E-state index contributed by atoms with van der Waals surface area (Å²) in [7, 11) is 0. The maximum Gasteiger partial charge on any atom is 0.247 e. The lowest BCUT2D eigenvalue weighted by Crippen LogP contribution is -2.30. The molecule has 0 spiro atoms. The average molecular weight is 341 g/mol. The number of hydrogen-bond donors (Lipinski definition) is 2. The molecule has 25 heavy (non-hydrogen) atoms. The van der Waals surface area contributed by atoms with Gasteiger partial charge in [0.2, 0.25) is 17.7 Å². The fourth-order valence-electron chi connectivity index (χ4n) is 2.41. The standard InChI is InChI=1S/C18H19N3O4/c22-12-14(15-8-5-11-24-15)19-16(23)9-4-10-17-20-21-18(25-17)13-6-2-1-3-7-13/h1-3,5-8,11,14,22H,4,9-10,12H2,(H,19,23). The van der Waals surface area contributed by atoms with Crippen LogP contribution in [0.4, 0.5) is 0 Å². The summed E-state index contributed by atoms with van der Waals surface area (Å²) >= 11 is 0. The van der Waals surface area contributed by atoms with E-state index in [1.165, 1.54) is 6.26 Å². The molecular formula is C18H19N3O4. The van der Waals surface area contributed by atoms with E-state index in [9.17, 15) is 9.90 Å². The second-order valence-corrected chi connectivity index (χ2v) is 5.54. The van der Waals surface area contributed by atoms with Crippen molar-refractivity contribution >= 4 is 5.91 Å². The van der Waals surface area contributed by atoms with Crippen LogP contribution in [-0.4, -0.2) is 27.8 Å². The third-order valence-corrected chi connectivity index (χ3v) is 3.69. The van der Waals surface area contributed by atoms with Crippen LogP contribution in [0.1, 0.15) is 30.5 Å². The molecule has 2 aromatic heterocycles. The van der Waals surface area contributed by atoms with Gasteiger partial charge in [0, 0.05) is 18.4 Å². The fourth-order valence-corrected chi connectivity index (χ4v) is 2.41. The number of nitrogens with zero attached hydrogens (tertiary/aromatic N) is 2. The molecule has 0 aliphatic heterocycles. The molecule has 0 saturated carbocycles. The summed E-state index contributed by atoms with van der Waals surface area (Å²) in [6.45, 7) is -0.219. The van der Waals surface area contributed by atoms with Crippen molar-refractivity contribution in [1.82, 2.24) is 15.5 Å². The lowest BCUT2D eigenvalue weighted by atomic mass is 10.2. The van der Waals surface area contributed by atoms with Gasteiger partial charge in [0.1, 0.15) is 11.8 Å². The van der Waals surface area contributed by atoms with E-state index in [2.05, 4.69) is 15.5 Å². The molecule has 0 fully saturated rings. The van der Waals surface area contributed by atoms with E-state index in [-0.39, 0.29) is 12.5 Å². The van der Waals surface area contributed by atoms with Crippen LogP contribution in [0.5, 0.6) is 0 Å². The predicted octanol–water partition coefficient (Wildman–Crippen LogP) is 2.50. The number of hydrogen-bond acceptors (Lipinski definition) is 6. The number of nitrogens with one attached hydrogen (secondary N) is 1. The van der Waals surface area contributed by atoms with Gasteiger partial charge in [-0.2, -0.15) is 0 Å². The number of amides is 1. The van der Waals surface area contributed by atoms with E-state index in [1.54, 1.807) is 12.1 Å². The normalized spacial score (nSPS) is 12.0. The molecule has 7 nitrogen and oxygen atoms in total. The zero-order valence-electron chi connectivity index (χ0n) is 13.6. The Morgan fingerprint density at radius 2 is 2.00 bits per heavy atom. The van der Waals surface area contributed by atoms with Crippen LogP contribution in [0.2, 0.25) is 0 Å². The number of benzene rings is 1. The lowest BCUT2D eigenvalue weighted by Gasteiger charge is -2.13. The molecule has 0 aliphatic rings. The summed E-state index contributed by atoms with van der Waals surface area (Å²) in [5.74, 6) is 1.33. The Labute approximate surface area is 144 Å². The summed E-state index contributed by atoms with van der Waals surface area (Å²) in [5.41, 5.74) is 0.864. The first kappa shape index (κ1) is 16.9. The van der Waals surface area contributed by atoms with Crippen LogP contribution in [0.15, 0.2) is 57.6 Å². The van der Waals surface area contributed by atoms with Gasteiger partial charge in [0.05, 0.1) is 12.9 Å². The largest absolute Gasteiger partial charge is 0.467 e. The van der Waals surface area contributed by atoms with Gasteiger partial charge in [0.15, 0.2) is 0 Å². The molecule has 3 rings (SSSR count). The monoisotopic (exact) mass is 341 g/mol. The van der Waals surface area contributed by atoms with Crippen LogP contribution in [0.25, 0.3) is 11.5 Å². The molecule has 0 bridgehead atoms. The molecule has 1 unspecified atom stereocenters. The van der Waals surface area contributed by atoms with E-state index in [0.717, 1.165) is 5.56 Å². The van der Waals surface area contributed by atoms with Crippen LogP contribution >= 0.6 is 0 Å². The second kappa shape index (κ2) is 8.25. The Kier molecular flexibility index (Phi) is 5.58. The van der Waals surface area contributed by atoms with E-state index >= 15 is 0 Å². The molecule has 1 aromatic carbocycles. The summed E-state index contributed by atoms with van der Waals surface area (Å²) in [4.78, 5) is 12.0. The van der Waals surface area contributed by atoms with Gasteiger partial charge in [-0.05, 0) is 30.7 Å². The highest BCUT2D eigenvalue weighted by atomic mass is 16.4. The molecule has 0 saturated heterocycles. The van der Waals surface area contributed by atoms with E-state index in [4.69, 9.17) is 8.83 Å². The van der Waals surface area contributed by atoms with Gasteiger partial charge >= 0.3 is 0 Å². The molecule has 0 radical (unpaired) electrons. The molecule has 0 aliphatic carbocycles. The van der Waals surface area contributed by atoms with Gasteiger partial charge < -0.3 is 19.3 Å². The average Bonchev–Trinajstić information content (AvgIpc) is 3.32. The van der Waals surface area contributed by atoms with Crippen molar-refractivity contribution < 1.29 is 18.7 Å². The number of aliphatic hydroxyl groups excluding tert-OH is 1. The molecule has 7 heteroatoms. The fraction of sp³-hybridized carbons (Fsp3) is 0.278. The first-order valence-electron chi connectivity index (χ1n) is 8.07. The minimum absolute atomic E-state index is 0.168. The van der Waals surface area contributed by atoms with Gasteiger partial charge in [-0.25, -0.2) is 0 Å².